The molecular weight excluding hydrogens is 188 g/mol. The summed E-state index contributed by atoms with van der Waals surface area (Å²) in [5, 5.41) is 6.08. The van der Waals surface area contributed by atoms with Crippen LogP contribution in [0.5, 0.6) is 0 Å². The first-order valence-corrected chi connectivity index (χ1v) is 6.02. The number of carbonyl (C=O) groups is 1. The summed E-state index contributed by atoms with van der Waals surface area (Å²) in [7, 11) is 1.69. The third-order valence-corrected chi connectivity index (χ3v) is 3.72. The van der Waals surface area contributed by atoms with Crippen LogP contribution in [0.2, 0.25) is 0 Å². The average Bonchev–Trinajstić information content (AvgIpc) is 2.22. The Morgan fingerprint density at radius 2 is 1.93 bits per heavy atom. The van der Waals surface area contributed by atoms with Crippen LogP contribution in [0.1, 0.15) is 40.0 Å². The molecule has 0 aromatic rings. The summed E-state index contributed by atoms with van der Waals surface area (Å²) in [4.78, 5) is 11.4. The van der Waals surface area contributed by atoms with Gasteiger partial charge >= 0.3 is 0 Å². The second-order valence-corrected chi connectivity index (χ2v) is 4.97. The molecule has 0 spiro atoms. The zero-order chi connectivity index (χ0) is 11.4. The van der Waals surface area contributed by atoms with Crippen molar-refractivity contribution in [1.29, 1.82) is 0 Å². The van der Waals surface area contributed by atoms with E-state index in [0.717, 1.165) is 11.8 Å². The number of likely N-dealkylation sites (N-methyl/N-ethyl adjacent to an activating group) is 1. The van der Waals surface area contributed by atoms with Gasteiger partial charge in [0.15, 0.2) is 0 Å². The molecule has 3 heteroatoms. The quantitative estimate of drug-likeness (QED) is 0.745. The number of rotatable bonds is 3. The third kappa shape index (κ3) is 3.49. The summed E-state index contributed by atoms with van der Waals surface area (Å²) in [6.07, 6.45) is 3.68. The van der Waals surface area contributed by atoms with Gasteiger partial charge in [-0.1, -0.05) is 13.8 Å². The Morgan fingerprint density at radius 3 is 2.47 bits per heavy atom. The van der Waals surface area contributed by atoms with E-state index in [-0.39, 0.29) is 11.9 Å². The van der Waals surface area contributed by atoms with Gasteiger partial charge < -0.3 is 10.6 Å². The predicted octanol–water partition coefficient (Wildman–Crippen LogP) is 1.54. The van der Waals surface area contributed by atoms with Crippen molar-refractivity contribution in [3.05, 3.63) is 0 Å². The molecule has 0 unspecified atom stereocenters. The monoisotopic (exact) mass is 212 g/mol. The molecule has 0 aliphatic heterocycles. The van der Waals surface area contributed by atoms with Gasteiger partial charge in [0.2, 0.25) is 5.91 Å². The fourth-order valence-corrected chi connectivity index (χ4v) is 2.34. The van der Waals surface area contributed by atoms with Crippen LogP contribution in [0.15, 0.2) is 0 Å². The smallest absolute Gasteiger partial charge is 0.236 e. The van der Waals surface area contributed by atoms with Gasteiger partial charge in [-0.2, -0.15) is 0 Å². The predicted molar refractivity (Wildman–Crippen MR) is 62.6 cm³/mol. The van der Waals surface area contributed by atoms with Crippen LogP contribution < -0.4 is 10.6 Å². The van der Waals surface area contributed by atoms with E-state index < -0.39 is 0 Å². The first-order chi connectivity index (χ1) is 7.04. The van der Waals surface area contributed by atoms with Crippen LogP contribution in [0, 0.1) is 11.8 Å². The van der Waals surface area contributed by atoms with Gasteiger partial charge in [-0.25, -0.2) is 0 Å². The second kappa shape index (κ2) is 5.50. The maximum absolute atomic E-state index is 11.4. The molecule has 0 aromatic carbocycles. The lowest BCUT2D eigenvalue weighted by Gasteiger charge is -2.33. The van der Waals surface area contributed by atoms with Gasteiger partial charge in [0, 0.05) is 13.1 Å². The molecule has 1 fully saturated rings. The van der Waals surface area contributed by atoms with E-state index in [9.17, 15) is 4.79 Å². The number of hydrogen-bond donors (Lipinski definition) is 2. The SMILES string of the molecule is CNC(=O)[C@@H](C)N[C@@H]1CC[C@@H](C)[C@H](C)C1. The molecule has 0 saturated heterocycles. The molecule has 2 N–H and O–H groups in total. The fraction of sp³-hybridized carbons (Fsp3) is 0.917. The van der Waals surface area contributed by atoms with Crippen molar-refractivity contribution in [2.24, 2.45) is 11.8 Å². The van der Waals surface area contributed by atoms with Crippen LogP contribution in [0.25, 0.3) is 0 Å². The highest BCUT2D eigenvalue weighted by atomic mass is 16.2. The maximum Gasteiger partial charge on any atom is 0.236 e. The zero-order valence-corrected chi connectivity index (χ0v) is 10.3. The number of carbonyl (C=O) groups excluding carboxylic acids is 1. The standard InChI is InChI=1S/C12H24N2O/c1-8-5-6-11(7-9(8)2)14-10(3)12(15)13-4/h8-11,14H,5-7H2,1-4H3,(H,13,15)/t8-,9-,10-,11-/m1/s1. The van der Waals surface area contributed by atoms with Gasteiger partial charge in [-0.15, -0.1) is 0 Å². The van der Waals surface area contributed by atoms with E-state index in [0.29, 0.717) is 6.04 Å². The Balaban J connectivity index is 2.36. The molecule has 0 radical (unpaired) electrons. The van der Waals surface area contributed by atoms with Gasteiger partial charge in [0.1, 0.15) is 0 Å². The number of hydrogen-bond acceptors (Lipinski definition) is 2. The van der Waals surface area contributed by atoms with Gasteiger partial charge in [0.25, 0.3) is 0 Å². The van der Waals surface area contributed by atoms with Crippen molar-refractivity contribution in [2.45, 2.75) is 52.1 Å². The largest absolute Gasteiger partial charge is 0.358 e. The minimum atomic E-state index is -0.0689. The van der Waals surface area contributed by atoms with Crippen LogP contribution in [-0.4, -0.2) is 25.0 Å². The van der Waals surface area contributed by atoms with Gasteiger partial charge in [0.05, 0.1) is 6.04 Å². The molecule has 88 valence electrons. The van der Waals surface area contributed by atoms with Crippen LogP contribution in [-0.2, 0) is 4.79 Å². The van der Waals surface area contributed by atoms with Crippen molar-refractivity contribution in [3.63, 3.8) is 0 Å². The number of nitrogens with one attached hydrogen (secondary N) is 2. The molecule has 1 amide bonds. The molecule has 0 bridgehead atoms. The van der Waals surface area contributed by atoms with Gasteiger partial charge in [-0.05, 0) is 38.0 Å². The first-order valence-electron chi connectivity index (χ1n) is 6.02. The van der Waals surface area contributed by atoms with E-state index in [4.69, 9.17) is 0 Å². The normalized spacial score (nSPS) is 33.5. The van der Waals surface area contributed by atoms with E-state index in [2.05, 4.69) is 24.5 Å². The van der Waals surface area contributed by atoms with E-state index in [1.165, 1.54) is 19.3 Å². The van der Waals surface area contributed by atoms with Crippen molar-refractivity contribution in [2.75, 3.05) is 7.05 Å². The molecular formula is C12H24N2O. The molecule has 15 heavy (non-hydrogen) atoms. The molecule has 1 rings (SSSR count). The molecule has 0 heterocycles. The summed E-state index contributed by atoms with van der Waals surface area (Å²) in [5.74, 6) is 1.69. The molecule has 3 nitrogen and oxygen atoms in total. The summed E-state index contributed by atoms with van der Waals surface area (Å²) in [6, 6.07) is 0.448. The second-order valence-electron chi connectivity index (χ2n) is 4.97. The van der Waals surface area contributed by atoms with E-state index in [1.54, 1.807) is 7.05 Å². The lowest BCUT2D eigenvalue weighted by molar-refractivity contribution is -0.122. The minimum absolute atomic E-state index is 0.0689. The van der Waals surface area contributed by atoms with Crippen LogP contribution >= 0.6 is 0 Å². The minimum Gasteiger partial charge on any atom is -0.358 e. The van der Waals surface area contributed by atoms with Crippen molar-refractivity contribution >= 4 is 5.91 Å². The lowest BCUT2D eigenvalue weighted by Crippen LogP contribution is -2.47. The van der Waals surface area contributed by atoms with Crippen molar-refractivity contribution < 1.29 is 4.79 Å². The Hall–Kier alpha value is -0.570. The fourth-order valence-electron chi connectivity index (χ4n) is 2.34. The Labute approximate surface area is 93.0 Å². The van der Waals surface area contributed by atoms with E-state index >= 15 is 0 Å². The first kappa shape index (κ1) is 12.5. The van der Waals surface area contributed by atoms with Crippen LogP contribution in [0.4, 0.5) is 0 Å². The highest BCUT2D eigenvalue weighted by molar-refractivity contribution is 5.80. The molecule has 1 saturated carbocycles. The highest BCUT2D eigenvalue weighted by Gasteiger charge is 2.26. The van der Waals surface area contributed by atoms with Crippen molar-refractivity contribution in [1.82, 2.24) is 10.6 Å². The summed E-state index contributed by atoms with van der Waals surface area (Å²) >= 11 is 0. The van der Waals surface area contributed by atoms with E-state index in [1.807, 2.05) is 6.92 Å². The lowest BCUT2D eigenvalue weighted by atomic mass is 9.79. The molecule has 0 aromatic heterocycles. The summed E-state index contributed by atoms with van der Waals surface area (Å²) in [6.45, 7) is 6.56. The molecule has 1 aliphatic carbocycles. The van der Waals surface area contributed by atoms with Crippen LogP contribution in [0.3, 0.4) is 0 Å². The Bertz CT molecular complexity index is 218. The maximum atomic E-state index is 11.4. The summed E-state index contributed by atoms with van der Waals surface area (Å²) < 4.78 is 0. The Kier molecular flexibility index (Phi) is 4.58. The van der Waals surface area contributed by atoms with Gasteiger partial charge in [-0.3, -0.25) is 4.79 Å². The molecule has 4 atom stereocenters. The van der Waals surface area contributed by atoms with Crippen molar-refractivity contribution in [3.8, 4) is 0 Å². The highest BCUT2D eigenvalue weighted by Crippen LogP contribution is 2.29. The summed E-state index contributed by atoms with van der Waals surface area (Å²) in [5.41, 5.74) is 0. The average molecular weight is 212 g/mol. The molecule has 1 aliphatic rings. The topological polar surface area (TPSA) is 41.1 Å². The third-order valence-electron chi connectivity index (χ3n) is 3.72. The Morgan fingerprint density at radius 1 is 1.27 bits per heavy atom. The number of amides is 1. The zero-order valence-electron chi connectivity index (χ0n) is 10.3.